The van der Waals surface area contributed by atoms with Crippen LogP contribution in [0.5, 0.6) is 0 Å². The minimum atomic E-state index is -2.36. The van der Waals surface area contributed by atoms with Crippen molar-refractivity contribution in [1.29, 1.82) is 0 Å². The van der Waals surface area contributed by atoms with Gasteiger partial charge in [-0.3, -0.25) is 14.4 Å². The van der Waals surface area contributed by atoms with E-state index in [4.69, 9.17) is 28.4 Å². The van der Waals surface area contributed by atoms with E-state index in [-0.39, 0.29) is 6.42 Å². The lowest BCUT2D eigenvalue weighted by atomic mass is 9.94. The topological polar surface area (TPSA) is 420 Å². The van der Waals surface area contributed by atoms with Gasteiger partial charge in [0.25, 0.3) is 0 Å². The molecule has 0 spiro atoms. The summed E-state index contributed by atoms with van der Waals surface area (Å²) in [4.78, 5) is 61.0. The first-order valence-electron chi connectivity index (χ1n) is 18.0. The van der Waals surface area contributed by atoms with Crippen LogP contribution in [0.3, 0.4) is 0 Å². The molecular weight excluding hydrogens is 794 g/mol. The Morgan fingerprint density at radius 2 is 1.29 bits per heavy atom. The summed E-state index contributed by atoms with van der Waals surface area (Å²) < 4.78 is 33.2. The van der Waals surface area contributed by atoms with Crippen molar-refractivity contribution in [2.45, 2.75) is 150 Å². The first-order valence-corrected chi connectivity index (χ1v) is 18.0. The van der Waals surface area contributed by atoms with Crippen LogP contribution in [0.25, 0.3) is 0 Å². The molecule has 0 aliphatic carbocycles. The average molecular weight is 848 g/mol. The molecule has 3 amide bonds. The number of ether oxygens (including phenoxy) is 6. The molecule has 0 aromatic heterocycles. The predicted octanol–water partition coefficient (Wildman–Crippen LogP) is -8.72. The molecule has 334 valence electrons. The molecule has 0 aromatic rings. The highest BCUT2D eigenvalue weighted by molar-refractivity contribution is 5.76. The van der Waals surface area contributed by atoms with Gasteiger partial charge in [0, 0.05) is 26.8 Å². The molecule has 0 radical (unpaired) electrons. The number of aliphatic hydroxyl groups is 10. The molecule has 0 aromatic carbocycles. The van der Waals surface area contributed by atoms with Crippen molar-refractivity contribution in [2.24, 2.45) is 0 Å². The highest BCUT2D eigenvalue weighted by Gasteiger charge is 2.56. The summed E-state index contributed by atoms with van der Waals surface area (Å²) in [7, 11) is 0. The second-order valence-corrected chi connectivity index (χ2v) is 13.8. The van der Waals surface area contributed by atoms with Gasteiger partial charge in [-0.25, -0.2) is 9.59 Å². The van der Waals surface area contributed by atoms with E-state index in [9.17, 15) is 85.3 Å². The predicted molar refractivity (Wildman–Crippen MR) is 181 cm³/mol. The number of hydrogen-bond donors (Lipinski definition) is 15. The normalized spacial score (nSPS) is 37.4. The molecule has 19 atom stereocenters. The van der Waals surface area contributed by atoms with Crippen molar-refractivity contribution >= 4 is 29.7 Å². The van der Waals surface area contributed by atoms with Gasteiger partial charge in [0.1, 0.15) is 79.3 Å². The highest BCUT2D eigenvalue weighted by atomic mass is 16.8. The molecule has 3 rings (SSSR count). The van der Waals surface area contributed by atoms with E-state index in [2.05, 4.69) is 16.0 Å². The van der Waals surface area contributed by atoms with Crippen LogP contribution in [0.2, 0.25) is 0 Å². The summed E-state index contributed by atoms with van der Waals surface area (Å²) in [5.74, 6) is -5.84. The zero-order valence-corrected chi connectivity index (χ0v) is 31.4. The van der Waals surface area contributed by atoms with Crippen molar-refractivity contribution < 1.29 is 114 Å². The maximum atomic E-state index is 12.6. The van der Waals surface area contributed by atoms with E-state index in [0.717, 1.165) is 13.8 Å². The van der Waals surface area contributed by atoms with Gasteiger partial charge in [-0.05, 0) is 6.42 Å². The van der Waals surface area contributed by atoms with Crippen LogP contribution < -0.4 is 16.0 Å². The first-order chi connectivity index (χ1) is 27.2. The van der Waals surface area contributed by atoms with Crippen LogP contribution in [-0.2, 0) is 52.4 Å². The summed E-state index contributed by atoms with van der Waals surface area (Å²) in [6.07, 6.45) is -35.6. The third kappa shape index (κ3) is 11.9. The SMILES string of the molecule is CCCC(=O)NCC(NC(C)=O)[C@@H](O[C@@H]1OC(C(=O)O)[C@@H](O[C@@H]2OC(CO)[C@@H](O)[C@H](O[C@@H]3OC(C(=O)O)[C@@H](O)[C@H](O)C3O)C2NC(C)=O)[C@H](O)C1O)[C@H](O)C(O)CO. The Balaban J connectivity index is 1.97. The van der Waals surface area contributed by atoms with E-state index in [1.54, 1.807) is 6.92 Å². The zero-order chi connectivity index (χ0) is 43.8. The van der Waals surface area contributed by atoms with Crippen LogP contribution >= 0.6 is 0 Å². The fourth-order valence-electron chi connectivity index (χ4n) is 6.45. The van der Waals surface area contributed by atoms with Crippen LogP contribution in [-0.4, -0.2) is 227 Å². The minimum Gasteiger partial charge on any atom is -0.479 e. The third-order valence-corrected chi connectivity index (χ3v) is 9.40. The fraction of sp³-hybridized carbons (Fsp3) is 0.844. The van der Waals surface area contributed by atoms with Crippen molar-refractivity contribution in [3.8, 4) is 0 Å². The molecule has 3 aliphatic rings. The van der Waals surface area contributed by atoms with E-state index in [1.807, 2.05) is 0 Å². The average Bonchev–Trinajstić information content (AvgIpc) is 3.15. The van der Waals surface area contributed by atoms with E-state index < -0.39 is 166 Å². The van der Waals surface area contributed by atoms with Crippen LogP contribution in [0, 0.1) is 0 Å². The number of carbonyl (C=O) groups is 5. The third-order valence-electron chi connectivity index (χ3n) is 9.40. The van der Waals surface area contributed by atoms with E-state index in [0.29, 0.717) is 6.42 Å². The smallest absolute Gasteiger partial charge is 0.335 e. The number of aliphatic carboxylic acids is 2. The zero-order valence-electron chi connectivity index (χ0n) is 31.4. The molecule has 3 fully saturated rings. The van der Waals surface area contributed by atoms with Crippen LogP contribution in [0.4, 0.5) is 0 Å². The lowest BCUT2D eigenvalue weighted by Gasteiger charge is -2.49. The quantitative estimate of drug-likeness (QED) is 0.0574. The number of nitrogens with one attached hydrogen (secondary N) is 3. The summed E-state index contributed by atoms with van der Waals surface area (Å²) >= 11 is 0. The Labute approximate surface area is 329 Å². The monoisotopic (exact) mass is 847 g/mol. The van der Waals surface area contributed by atoms with Gasteiger partial charge in [-0.1, -0.05) is 6.92 Å². The molecule has 0 bridgehead atoms. The second-order valence-electron chi connectivity index (χ2n) is 13.8. The number of carbonyl (C=O) groups excluding carboxylic acids is 3. The van der Waals surface area contributed by atoms with Gasteiger partial charge in [0.05, 0.1) is 19.3 Å². The summed E-state index contributed by atoms with van der Waals surface area (Å²) in [6.45, 7) is 1.13. The Hall–Kier alpha value is -3.29. The van der Waals surface area contributed by atoms with Crippen molar-refractivity contribution in [1.82, 2.24) is 16.0 Å². The number of amides is 3. The van der Waals surface area contributed by atoms with Gasteiger partial charge in [-0.2, -0.15) is 0 Å². The first kappa shape index (κ1) is 49.1. The maximum absolute atomic E-state index is 12.6. The van der Waals surface area contributed by atoms with Crippen LogP contribution in [0.15, 0.2) is 0 Å². The molecule has 0 saturated carbocycles. The Morgan fingerprint density at radius 1 is 0.707 bits per heavy atom. The van der Waals surface area contributed by atoms with Gasteiger partial charge in [-0.15, -0.1) is 0 Å². The largest absolute Gasteiger partial charge is 0.479 e. The second kappa shape index (κ2) is 21.8. The lowest BCUT2D eigenvalue weighted by molar-refractivity contribution is -0.364. The van der Waals surface area contributed by atoms with Crippen molar-refractivity contribution in [3.63, 3.8) is 0 Å². The number of carboxylic acids is 2. The van der Waals surface area contributed by atoms with E-state index >= 15 is 0 Å². The standard InChI is InChI=1S/C32H53N3O23/c1-4-5-14(41)33-6-11(34-9(2)38)23(16(42)12(40)7-36)54-32-22(48)20(46)25(27(58-32)29(51)52)56-30-15(35-10(3)39)24(17(43)13(8-37)53-30)55-31-21(47)18(44)19(45)26(57-31)28(49)50/h11-13,15-27,30-32,36-37,40,42-48H,4-8H2,1-3H3,(H,33,41)(H,34,38)(H,35,39)(H,49,50)(H,51,52)/t11?,12?,13?,15?,16-,17-,18+,19+,20-,21?,22?,23-,24-,25+,26?,27?,30+,31-,32-/m1/s1. The number of hydrogen-bond acceptors (Lipinski definition) is 21. The van der Waals surface area contributed by atoms with Gasteiger partial charge < -0.3 is 106 Å². The molecule has 15 N–H and O–H groups in total. The van der Waals surface area contributed by atoms with Crippen molar-refractivity contribution in [3.05, 3.63) is 0 Å². The maximum Gasteiger partial charge on any atom is 0.335 e. The number of aliphatic hydroxyl groups excluding tert-OH is 10. The molecule has 3 saturated heterocycles. The highest BCUT2D eigenvalue weighted by Crippen LogP contribution is 2.34. The van der Waals surface area contributed by atoms with Crippen molar-refractivity contribution in [2.75, 3.05) is 19.8 Å². The molecular formula is C32H53N3O23. The Morgan fingerprint density at radius 3 is 1.83 bits per heavy atom. The molecule has 8 unspecified atom stereocenters. The van der Waals surface area contributed by atoms with Gasteiger partial charge in [0.15, 0.2) is 31.1 Å². The van der Waals surface area contributed by atoms with Crippen LogP contribution in [0.1, 0.15) is 33.6 Å². The van der Waals surface area contributed by atoms with E-state index in [1.165, 1.54) is 0 Å². The summed E-state index contributed by atoms with van der Waals surface area (Å²) in [5.41, 5.74) is 0. The Bertz CT molecular complexity index is 1400. The van der Waals surface area contributed by atoms with Gasteiger partial charge >= 0.3 is 11.9 Å². The molecule has 26 nitrogen and oxygen atoms in total. The fourth-order valence-corrected chi connectivity index (χ4v) is 6.45. The number of rotatable bonds is 19. The molecule has 3 aliphatic heterocycles. The lowest BCUT2D eigenvalue weighted by Crippen LogP contribution is -2.70. The molecule has 26 heteroatoms. The number of carboxylic acid groups (broad SMARTS) is 2. The molecule has 58 heavy (non-hydrogen) atoms. The van der Waals surface area contributed by atoms with Gasteiger partial charge in [0.2, 0.25) is 17.7 Å². The minimum absolute atomic E-state index is 0.0472. The summed E-state index contributed by atoms with van der Waals surface area (Å²) in [6, 6.07) is -3.28. The summed E-state index contributed by atoms with van der Waals surface area (Å²) in [5, 5.41) is 132. The Kier molecular flexibility index (Phi) is 18.5. The molecule has 3 heterocycles.